The molecule has 0 unspecified atom stereocenters. The van der Waals surface area contributed by atoms with Crippen molar-refractivity contribution in [1.29, 1.82) is 0 Å². The van der Waals surface area contributed by atoms with Crippen molar-refractivity contribution in [2.75, 3.05) is 13.2 Å². The zero-order valence-electron chi connectivity index (χ0n) is 8.74. The van der Waals surface area contributed by atoms with Gasteiger partial charge in [0.25, 0.3) is 0 Å². The number of nitrogens with two attached hydrogens (primary N) is 1. The molecule has 1 rings (SSSR count). The summed E-state index contributed by atoms with van der Waals surface area (Å²) >= 11 is 3.36. The average molecular weight is 274 g/mol. The van der Waals surface area contributed by atoms with Gasteiger partial charge in [0.1, 0.15) is 0 Å². The van der Waals surface area contributed by atoms with Crippen molar-refractivity contribution in [1.82, 2.24) is 0 Å². The Morgan fingerprint density at radius 2 is 2.00 bits per heavy atom. The Kier molecular flexibility index (Phi) is 4.73. The fourth-order valence-corrected chi connectivity index (χ4v) is 1.29. The van der Waals surface area contributed by atoms with Crippen LogP contribution in [0.3, 0.4) is 0 Å². The molecule has 3 N–H and O–H groups in total. The van der Waals surface area contributed by atoms with Crippen molar-refractivity contribution in [2.45, 2.75) is 19.1 Å². The lowest BCUT2D eigenvalue weighted by atomic mass is 10.1. The summed E-state index contributed by atoms with van der Waals surface area (Å²) in [5.74, 6) is 0. The predicted molar refractivity (Wildman–Crippen MR) is 63.5 cm³/mol. The fourth-order valence-electron chi connectivity index (χ4n) is 1.03. The minimum absolute atomic E-state index is 0.0761. The second-order valence-corrected chi connectivity index (χ2v) is 4.85. The van der Waals surface area contributed by atoms with Crippen LogP contribution in [0.4, 0.5) is 0 Å². The summed E-state index contributed by atoms with van der Waals surface area (Å²) in [5, 5.41) is 8.92. The Morgan fingerprint density at radius 1 is 1.40 bits per heavy atom. The third kappa shape index (κ3) is 4.75. The van der Waals surface area contributed by atoms with E-state index in [4.69, 9.17) is 15.6 Å². The minimum Gasteiger partial charge on any atom is -0.394 e. The van der Waals surface area contributed by atoms with Crippen molar-refractivity contribution in [2.24, 2.45) is 5.73 Å². The van der Waals surface area contributed by atoms with Gasteiger partial charge in [-0.25, -0.2) is 0 Å². The maximum Gasteiger partial charge on any atom is 0.0717 e. The van der Waals surface area contributed by atoms with E-state index in [0.29, 0.717) is 13.2 Å². The SMILES string of the molecule is C[C@](N)(CO)COCc1ccc(Br)cc1. The van der Waals surface area contributed by atoms with E-state index in [9.17, 15) is 0 Å². The van der Waals surface area contributed by atoms with Gasteiger partial charge in [0, 0.05) is 4.47 Å². The van der Waals surface area contributed by atoms with Crippen LogP contribution < -0.4 is 5.73 Å². The number of aliphatic hydroxyl groups is 1. The topological polar surface area (TPSA) is 55.5 Å². The molecule has 0 saturated heterocycles. The molecule has 0 bridgehead atoms. The maximum atomic E-state index is 8.92. The van der Waals surface area contributed by atoms with E-state index in [0.717, 1.165) is 10.0 Å². The first-order chi connectivity index (χ1) is 7.03. The van der Waals surface area contributed by atoms with E-state index < -0.39 is 5.54 Å². The summed E-state index contributed by atoms with van der Waals surface area (Å²) in [5.41, 5.74) is 6.15. The molecular formula is C11H16BrNO2. The summed E-state index contributed by atoms with van der Waals surface area (Å²) < 4.78 is 6.46. The minimum atomic E-state index is -0.657. The van der Waals surface area contributed by atoms with Crippen LogP contribution in [0.15, 0.2) is 28.7 Å². The van der Waals surface area contributed by atoms with Crippen LogP contribution in [0.2, 0.25) is 0 Å². The van der Waals surface area contributed by atoms with Gasteiger partial charge in [0.15, 0.2) is 0 Å². The Balaban J connectivity index is 2.35. The molecule has 0 aliphatic rings. The summed E-state index contributed by atoms with van der Waals surface area (Å²) in [6.45, 7) is 2.54. The molecule has 15 heavy (non-hydrogen) atoms. The Morgan fingerprint density at radius 3 is 2.53 bits per heavy atom. The first-order valence-corrected chi connectivity index (χ1v) is 5.55. The summed E-state index contributed by atoms with van der Waals surface area (Å²) in [7, 11) is 0. The van der Waals surface area contributed by atoms with Gasteiger partial charge >= 0.3 is 0 Å². The highest BCUT2D eigenvalue weighted by Crippen LogP contribution is 2.11. The van der Waals surface area contributed by atoms with Gasteiger partial charge in [-0.15, -0.1) is 0 Å². The molecule has 0 spiro atoms. The van der Waals surface area contributed by atoms with Gasteiger partial charge in [-0.2, -0.15) is 0 Å². The lowest BCUT2D eigenvalue weighted by Crippen LogP contribution is -2.44. The van der Waals surface area contributed by atoms with Gasteiger partial charge < -0.3 is 15.6 Å². The van der Waals surface area contributed by atoms with Crippen LogP contribution >= 0.6 is 15.9 Å². The molecule has 3 nitrogen and oxygen atoms in total. The monoisotopic (exact) mass is 273 g/mol. The van der Waals surface area contributed by atoms with Crippen molar-refractivity contribution < 1.29 is 9.84 Å². The summed E-state index contributed by atoms with van der Waals surface area (Å²) in [6.07, 6.45) is 0. The molecular weight excluding hydrogens is 258 g/mol. The van der Waals surface area contributed by atoms with Crippen LogP contribution in [0.5, 0.6) is 0 Å². The first-order valence-electron chi connectivity index (χ1n) is 4.75. The first kappa shape index (κ1) is 12.6. The molecule has 4 heteroatoms. The highest BCUT2D eigenvalue weighted by atomic mass is 79.9. The molecule has 0 amide bonds. The zero-order chi connectivity index (χ0) is 11.3. The van der Waals surface area contributed by atoms with Gasteiger partial charge in [-0.3, -0.25) is 0 Å². The Hall–Kier alpha value is -0.420. The second kappa shape index (κ2) is 5.61. The van der Waals surface area contributed by atoms with Gasteiger partial charge in [0.2, 0.25) is 0 Å². The molecule has 0 fully saturated rings. The third-order valence-electron chi connectivity index (χ3n) is 1.97. The van der Waals surface area contributed by atoms with E-state index in [1.54, 1.807) is 6.92 Å². The number of aliphatic hydroxyl groups excluding tert-OH is 1. The molecule has 1 aromatic rings. The summed E-state index contributed by atoms with van der Waals surface area (Å²) in [6, 6.07) is 7.90. The van der Waals surface area contributed by atoms with Crippen LogP contribution in [0.25, 0.3) is 0 Å². The molecule has 1 atom stereocenters. The zero-order valence-corrected chi connectivity index (χ0v) is 10.3. The van der Waals surface area contributed by atoms with Crippen molar-refractivity contribution in [3.63, 3.8) is 0 Å². The number of hydrogen-bond donors (Lipinski definition) is 2. The van der Waals surface area contributed by atoms with E-state index in [-0.39, 0.29) is 6.61 Å². The van der Waals surface area contributed by atoms with E-state index in [1.807, 2.05) is 24.3 Å². The number of halogens is 1. The molecule has 0 saturated carbocycles. The largest absolute Gasteiger partial charge is 0.394 e. The quantitative estimate of drug-likeness (QED) is 0.858. The second-order valence-electron chi connectivity index (χ2n) is 3.93. The number of hydrogen-bond acceptors (Lipinski definition) is 3. The highest BCUT2D eigenvalue weighted by molar-refractivity contribution is 9.10. The van der Waals surface area contributed by atoms with E-state index in [2.05, 4.69) is 15.9 Å². The molecule has 0 heterocycles. The Bertz CT molecular complexity index is 298. The number of ether oxygens (including phenoxy) is 1. The maximum absolute atomic E-state index is 8.92. The summed E-state index contributed by atoms with van der Waals surface area (Å²) in [4.78, 5) is 0. The van der Waals surface area contributed by atoms with E-state index >= 15 is 0 Å². The third-order valence-corrected chi connectivity index (χ3v) is 2.50. The standard InChI is InChI=1S/C11H16BrNO2/c1-11(13,7-14)8-15-6-9-2-4-10(12)5-3-9/h2-5,14H,6-8,13H2,1H3/t11-/m0/s1. The normalized spacial score (nSPS) is 14.9. The Labute approximate surface area is 98.4 Å². The molecule has 0 aliphatic carbocycles. The smallest absolute Gasteiger partial charge is 0.0717 e. The van der Waals surface area contributed by atoms with Crippen LogP contribution in [-0.4, -0.2) is 23.9 Å². The van der Waals surface area contributed by atoms with Gasteiger partial charge in [-0.05, 0) is 24.6 Å². The van der Waals surface area contributed by atoms with Crippen molar-refractivity contribution in [3.05, 3.63) is 34.3 Å². The van der Waals surface area contributed by atoms with Gasteiger partial charge in [-0.1, -0.05) is 28.1 Å². The molecule has 0 radical (unpaired) electrons. The van der Waals surface area contributed by atoms with Gasteiger partial charge in [0.05, 0.1) is 25.4 Å². The lowest BCUT2D eigenvalue weighted by Gasteiger charge is -2.21. The fraction of sp³-hybridized carbons (Fsp3) is 0.455. The number of benzene rings is 1. The molecule has 84 valence electrons. The number of rotatable bonds is 5. The van der Waals surface area contributed by atoms with Crippen LogP contribution in [0, 0.1) is 0 Å². The molecule has 0 aliphatic heterocycles. The van der Waals surface area contributed by atoms with Crippen molar-refractivity contribution >= 4 is 15.9 Å². The molecule has 1 aromatic carbocycles. The predicted octanol–water partition coefficient (Wildman–Crippen LogP) is 1.68. The average Bonchev–Trinajstić information content (AvgIpc) is 2.21. The lowest BCUT2D eigenvalue weighted by molar-refractivity contribution is 0.0535. The van der Waals surface area contributed by atoms with Crippen LogP contribution in [-0.2, 0) is 11.3 Å². The van der Waals surface area contributed by atoms with Crippen molar-refractivity contribution in [3.8, 4) is 0 Å². The van der Waals surface area contributed by atoms with Crippen LogP contribution in [0.1, 0.15) is 12.5 Å². The highest BCUT2D eigenvalue weighted by Gasteiger charge is 2.16. The van der Waals surface area contributed by atoms with E-state index in [1.165, 1.54) is 0 Å². The molecule has 0 aromatic heterocycles.